The summed E-state index contributed by atoms with van der Waals surface area (Å²) < 4.78 is 52.9. The number of aliphatic hydroxyl groups is 3. The molecule has 362 valence electrons. The van der Waals surface area contributed by atoms with Crippen molar-refractivity contribution in [3.05, 3.63) is 48.6 Å². The molecular formula is C45H82O15P2. The van der Waals surface area contributed by atoms with E-state index in [2.05, 4.69) is 80.6 Å². The van der Waals surface area contributed by atoms with Gasteiger partial charge in [-0.2, -0.15) is 0 Å². The topological polar surface area (TPSA) is 225 Å². The molecule has 5 unspecified atom stereocenters. The molecule has 62 heavy (non-hydrogen) atoms. The number of hydrogen-bond donors (Lipinski definition) is 5. The van der Waals surface area contributed by atoms with Crippen molar-refractivity contribution >= 4 is 27.6 Å². The van der Waals surface area contributed by atoms with Crippen LogP contribution in [0, 0.1) is 0 Å². The van der Waals surface area contributed by atoms with Crippen molar-refractivity contribution in [3.8, 4) is 0 Å². The van der Waals surface area contributed by atoms with Gasteiger partial charge in [-0.05, 0) is 57.8 Å². The van der Waals surface area contributed by atoms with Crippen molar-refractivity contribution in [2.24, 2.45) is 0 Å². The van der Waals surface area contributed by atoms with Crippen LogP contribution >= 0.6 is 15.6 Å². The zero-order valence-corrected chi connectivity index (χ0v) is 39.6. The molecule has 17 heteroatoms. The van der Waals surface area contributed by atoms with Crippen LogP contribution in [0.15, 0.2) is 48.6 Å². The Kier molecular flexibility index (Phi) is 40.3. The first-order valence-electron chi connectivity index (χ1n) is 23.0. The van der Waals surface area contributed by atoms with Crippen molar-refractivity contribution < 1.29 is 71.4 Å². The lowest BCUT2D eigenvalue weighted by molar-refractivity contribution is -0.148. The lowest BCUT2D eigenvalue weighted by Crippen LogP contribution is -2.25. The van der Waals surface area contributed by atoms with Crippen molar-refractivity contribution in [1.82, 2.24) is 0 Å². The molecule has 0 heterocycles. The molecule has 0 aromatic heterocycles. The van der Waals surface area contributed by atoms with Crippen LogP contribution in [0.4, 0.5) is 0 Å². The number of carbonyl (C=O) groups is 2. The fourth-order valence-corrected chi connectivity index (χ4v) is 7.26. The summed E-state index contributed by atoms with van der Waals surface area (Å²) >= 11 is 0. The van der Waals surface area contributed by atoms with Crippen LogP contribution in [-0.2, 0) is 46.3 Å². The third-order valence-electron chi connectivity index (χ3n) is 9.29. The van der Waals surface area contributed by atoms with Crippen molar-refractivity contribution in [2.75, 3.05) is 39.6 Å². The lowest BCUT2D eigenvalue weighted by Gasteiger charge is -2.19. The van der Waals surface area contributed by atoms with Gasteiger partial charge >= 0.3 is 27.6 Å². The SMILES string of the molecule is CCCCC/C=C\C/C=C\C/C=C\C/C=C\CCCCCC(=O)OCC(O)COP(=O)(O)OCC(O)COP(=O)(O)OCC(O)COC(=O)CCCCCCCCCCCCC. The van der Waals surface area contributed by atoms with Crippen LogP contribution in [0.3, 0.4) is 0 Å². The zero-order valence-electron chi connectivity index (χ0n) is 37.8. The van der Waals surface area contributed by atoms with E-state index >= 15 is 0 Å². The molecule has 0 aliphatic carbocycles. The van der Waals surface area contributed by atoms with Gasteiger partial charge in [-0.15, -0.1) is 0 Å². The lowest BCUT2D eigenvalue weighted by atomic mass is 10.1. The zero-order chi connectivity index (χ0) is 46.0. The van der Waals surface area contributed by atoms with Crippen LogP contribution in [0.25, 0.3) is 0 Å². The van der Waals surface area contributed by atoms with Gasteiger partial charge in [0, 0.05) is 12.8 Å². The largest absolute Gasteiger partial charge is 0.472 e. The first kappa shape index (κ1) is 60.0. The fourth-order valence-electron chi connectivity index (χ4n) is 5.67. The summed E-state index contributed by atoms with van der Waals surface area (Å²) in [5, 5.41) is 29.9. The number of unbranched alkanes of at least 4 members (excludes halogenated alkanes) is 16. The Morgan fingerprint density at radius 2 is 0.694 bits per heavy atom. The van der Waals surface area contributed by atoms with Crippen molar-refractivity contribution in [3.63, 3.8) is 0 Å². The van der Waals surface area contributed by atoms with Crippen molar-refractivity contribution in [1.29, 1.82) is 0 Å². The number of carbonyl (C=O) groups excluding carboxylic acids is 2. The monoisotopic (exact) mass is 925 g/mol. The Bertz CT molecular complexity index is 1310. The third-order valence-corrected chi connectivity index (χ3v) is 11.2. The van der Waals surface area contributed by atoms with Crippen LogP contribution in [-0.4, -0.2) is 95.0 Å². The predicted octanol–water partition coefficient (Wildman–Crippen LogP) is 10.0. The van der Waals surface area contributed by atoms with Gasteiger partial charge in [0.2, 0.25) is 0 Å². The van der Waals surface area contributed by atoms with Crippen molar-refractivity contribution in [2.45, 2.75) is 186 Å². The summed E-state index contributed by atoms with van der Waals surface area (Å²) in [7, 11) is -9.57. The molecule has 0 amide bonds. The standard InChI is InChI=1S/C45H82O15P2/c1-3-5-7-9-11-13-15-16-17-18-19-20-21-22-24-26-28-30-32-34-45(50)56-36-42(47)38-58-62(53,54)60-40-43(48)39-59-61(51,52)57-37-41(46)35-55-44(49)33-31-29-27-25-23-14-12-10-8-6-4-2/h11,13,16-17,19-20,22,24,41-43,46-48H,3-10,12,14-15,18,21,23,25-40H2,1-2H3,(H,51,52)(H,53,54)/b13-11-,17-16-,20-19-,24-22-. The minimum Gasteiger partial charge on any atom is -0.463 e. The Balaban J connectivity index is 3.95. The van der Waals surface area contributed by atoms with Gasteiger partial charge in [0.25, 0.3) is 0 Å². The van der Waals surface area contributed by atoms with E-state index in [-0.39, 0.29) is 12.8 Å². The van der Waals surface area contributed by atoms with Crippen LogP contribution in [0.5, 0.6) is 0 Å². The summed E-state index contributed by atoms with van der Waals surface area (Å²) in [6.07, 6.45) is 36.8. The number of phosphoric ester groups is 2. The maximum Gasteiger partial charge on any atom is 0.472 e. The Morgan fingerprint density at radius 3 is 1.06 bits per heavy atom. The number of esters is 2. The van der Waals surface area contributed by atoms with E-state index in [1.165, 1.54) is 64.2 Å². The van der Waals surface area contributed by atoms with E-state index in [1.54, 1.807) is 0 Å². The minimum absolute atomic E-state index is 0.158. The van der Waals surface area contributed by atoms with Gasteiger partial charge in [-0.3, -0.25) is 27.7 Å². The predicted molar refractivity (Wildman–Crippen MR) is 242 cm³/mol. The normalized spacial score (nSPS) is 15.7. The molecule has 0 aliphatic rings. The second-order valence-electron chi connectivity index (χ2n) is 15.4. The first-order valence-corrected chi connectivity index (χ1v) is 26.0. The van der Waals surface area contributed by atoms with E-state index in [9.17, 15) is 43.8 Å². The minimum atomic E-state index is -4.79. The molecule has 0 aliphatic heterocycles. The number of ether oxygens (including phenoxy) is 2. The number of rotatable bonds is 44. The molecule has 0 saturated heterocycles. The van der Waals surface area contributed by atoms with Crippen LogP contribution in [0.1, 0.15) is 168 Å². The van der Waals surface area contributed by atoms with Gasteiger partial charge < -0.3 is 34.6 Å². The first-order chi connectivity index (χ1) is 29.8. The molecule has 0 saturated carbocycles. The van der Waals surface area contributed by atoms with Gasteiger partial charge in [0.1, 0.15) is 31.5 Å². The molecule has 15 nitrogen and oxygen atoms in total. The summed E-state index contributed by atoms with van der Waals surface area (Å²) in [5.41, 5.74) is 0. The maximum absolute atomic E-state index is 12.1. The summed E-state index contributed by atoms with van der Waals surface area (Å²) in [6.45, 7) is 0.332. The second kappa shape index (κ2) is 41.7. The Hall–Kier alpha value is -2.00. The molecule has 0 bridgehead atoms. The van der Waals surface area contributed by atoms with E-state index in [0.29, 0.717) is 12.8 Å². The summed E-state index contributed by atoms with van der Waals surface area (Å²) in [5.74, 6) is -1.03. The highest BCUT2D eigenvalue weighted by Gasteiger charge is 2.28. The molecule has 5 N–H and O–H groups in total. The highest BCUT2D eigenvalue weighted by Crippen LogP contribution is 2.45. The molecule has 0 spiro atoms. The van der Waals surface area contributed by atoms with E-state index in [1.807, 2.05) is 0 Å². The quantitative estimate of drug-likeness (QED) is 0.0166. The average molecular weight is 925 g/mol. The summed E-state index contributed by atoms with van der Waals surface area (Å²) in [6, 6.07) is 0. The molecule has 0 rings (SSSR count). The average Bonchev–Trinajstić information content (AvgIpc) is 3.24. The highest BCUT2D eigenvalue weighted by atomic mass is 31.2. The number of phosphoric acid groups is 2. The van der Waals surface area contributed by atoms with E-state index in [0.717, 1.165) is 64.2 Å². The molecule has 0 aromatic carbocycles. The molecular weight excluding hydrogens is 842 g/mol. The van der Waals surface area contributed by atoms with E-state index in [4.69, 9.17) is 9.47 Å². The van der Waals surface area contributed by atoms with Crippen LogP contribution in [0.2, 0.25) is 0 Å². The van der Waals surface area contributed by atoms with Gasteiger partial charge in [-0.1, -0.05) is 146 Å². The molecule has 0 fully saturated rings. The van der Waals surface area contributed by atoms with Gasteiger partial charge in [0.05, 0.1) is 26.4 Å². The fraction of sp³-hybridized carbons (Fsp3) is 0.778. The van der Waals surface area contributed by atoms with Crippen LogP contribution < -0.4 is 0 Å². The number of aliphatic hydroxyl groups excluding tert-OH is 3. The molecule has 0 radical (unpaired) electrons. The van der Waals surface area contributed by atoms with Gasteiger partial charge in [-0.25, -0.2) is 9.13 Å². The summed E-state index contributed by atoms with van der Waals surface area (Å²) in [4.78, 5) is 43.6. The highest BCUT2D eigenvalue weighted by molar-refractivity contribution is 7.47. The number of hydrogen-bond acceptors (Lipinski definition) is 13. The number of allylic oxidation sites excluding steroid dienone is 8. The Labute approximate surface area is 372 Å². The smallest absolute Gasteiger partial charge is 0.463 e. The second-order valence-corrected chi connectivity index (χ2v) is 18.3. The molecule has 0 aromatic rings. The van der Waals surface area contributed by atoms with Gasteiger partial charge in [0.15, 0.2) is 0 Å². The van der Waals surface area contributed by atoms with E-state index < -0.39 is 85.5 Å². The maximum atomic E-state index is 12.1. The molecule has 5 atom stereocenters. The third kappa shape index (κ3) is 43.3. The Morgan fingerprint density at radius 1 is 0.419 bits per heavy atom.